The second-order valence-corrected chi connectivity index (χ2v) is 8.90. The number of rotatable bonds is 7. The fraction of sp³-hybridized carbons (Fsp3) is 0.381. The highest BCUT2D eigenvalue weighted by molar-refractivity contribution is 7.92. The maximum atomic E-state index is 13.6. The molecule has 2 atom stereocenters. The largest absolute Gasteiger partial charge is 0.347 e. The summed E-state index contributed by atoms with van der Waals surface area (Å²) in [5.74, 6) is -1.01. The van der Waals surface area contributed by atoms with Gasteiger partial charge in [-0.1, -0.05) is 36.8 Å². The summed E-state index contributed by atoms with van der Waals surface area (Å²) >= 11 is 0. The molecule has 0 radical (unpaired) electrons. The van der Waals surface area contributed by atoms with Crippen LogP contribution in [0.15, 0.2) is 42.5 Å². The van der Waals surface area contributed by atoms with E-state index < -0.39 is 27.8 Å². The van der Waals surface area contributed by atoms with E-state index in [9.17, 15) is 17.6 Å². The molecule has 0 saturated carbocycles. The zero-order chi connectivity index (χ0) is 21.1. The van der Waals surface area contributed by atoms with Crippen LogP contribution in [0.3, 0.4) is 0 Å². The van der Waals surface area contributed by atoms with Crippen LogP contribution in [0.25, 0.3) is 0 Å². The van der Waals surface area contributed by atoms with Crippen molar-refractivity contribution >= 4 is 21.6 Å². The van der Waals surface area contributed by atoms with Crippen molar-refractivity contribution in [2.45, 2.75) is 46.2 Å². The van der Waals surface area contributed by atoms with Crippen LogP contribution in [0, 0.1) is 19.7 Å². The molecule has 0 unspecified atom stereocenters. The second-order valence-electron chi connectivity index (χ2n) is 7.04. The zero-order valence-electron chi connectivity index (χ0n) is 16.9. The van der Waals surface area contributed by atoms with E-state index in [1.807, 2.05) is 39.0 Å². The van der Waals surface area contributed by atoms with Crippen molar-refractivity contribution < 1.29 is 17.6 Å². The number of benzene rings is 2. The van der Waals surface area contributed by atoms with Gasteiger partial charge in [0, 0.05) is 0 Å². The SMILES string of the molecule is CC[C@H](NC(=O)[C@H](C)N(c1cccc(F)c1)S(C)(=O)=O)c1ccc(C)cc1C. The van der Waals surface area contributed by atoms with Gasteiger partial charge >= 0.3 is 0 Å². The van der Waals surface area contributed by atoms with Crippen LogP contribution in [0.2, 0.25) is 0 Å². The number of nitrogens with zero attached hydrogens (tertiary/aromatic N) is 1. The van der Waals surface area contributed by atoms with Crippen molar-refractivity contribution in [1.29, 1.82) is 0 Å². The number of anilines is 1. The molecule has 0 fully saturated rings. The Morgan fingerprint density at radius 1 is 1.18 bits per heavy atom. The Balaban J connectivity index is 2.31. The zero-order valence-corrected chi connectivity index (χ0v) is 17.7. The minimum Gasteiger partial charge on any atom is -0.347 e. The summed E-state index contributed by atoms with van der Waals surface area (Å²) in [5.41, 5.74) is 3.30. The van der Waals surface area contributed by atoms with E-state index in [1.165, 1.54) is 25.1 Å². The number of amides is 1. The van der Waals surface area contributed by atoms with Gasteiger partial charge in [-0.05, 0) is 56.5 Å². The van der Waals surface area contributed by atoms with Gasteiger partial charge in [-0.2, -0.15) is 0 Å². The molecular weight excluding hydrogens is 379 g/mol. The first-order chi connectivity index (χ1) is 13.0. The first kappa shape index (κ1) is 21.9. The molecule has 0 aromatic heterocycles. The van der Waals surface area contributed by atoms with Crippen LogP contribution in [-0.2, 0) is 14.8 Å². The van der Waals surface area contributed by atoms with Crippen molar-refractivity contribution in [3.63, 3.8) is 0 Å². The Bertz CT molecular complexity index is 960. The molecule has 1 N–H and O–H groups in total. The van der Waals surface area contributed by atoms with Gasteiger partial charge in [0.1, 0.15) is 11.9 Å². The summed E-state index contributed by atoms with van der Waals surface area (Å²) in [4.78, 5) is 12.9. The lowest BCUT2D eigenvalue weighted by atomic mass is 9.97. The van der Waals surface area contributed by atoms with Gasteiger partial charge in [-0.15, -0.1) is 0 Å². The molecular formula is C21H27FN2O3S. The maximum Gasteiger partial charge on any atom is 0.244 e. The lowest BCUT2D eigenvalue weighted by Crippen LogP contribution is -2.48. The predicted molar refractivity (Wildman–Crippen MR) is 110 cm³/mol. The average Bonchev–Trinajstić information content (AvgIpc) is 2.59. The van der Waals surface area contributed by atoms with E-state index in [2.05, 4.69) is 5.32 Å². The molecule has 1 amide bonds. The Morgan fingerprint density at radius 2 is 1.86 bits per heavy atom. The van der Waals surface area contributed by atoms with Gasteiger partial charge in [0.25, 0.3) is 0 Å². The number of nitrogens with one attached hydrogen (secondary N) is 1. The highest BCUT2D eigenvalue weighted by atomic mass is 32.2. The topological polar surface area (TPSA) is 66.5 Å². The Labute approximate surface area is 166 Å². The van der Waals surface area contributed by atoms with Crippen molar-refractivity contribution in [1.82, 2.24) is 5.32 Å². The molecule has 28 heavy (non-hydrogen) atoms. The number of carbonyl (C=O) groups is 1. The monoisotopic (exact) mass is 406 g/mol. The first-order valence-corrected chi connectivity index (χ1v) is 11.0. The van der Waals surface area contributed by atoms with Gasteiger partial charge < -0.3 is 5.32 Å². The van der Waals surface area contributed by atoms with Crippen LogP contribution >= 0.6 is 0 Å². The molecule has 5 nitrogen and oxygen atoms in total. The Morgan fingerprint density at radius 3 is 2.39 bits per heavy atom. The number of sulfonamides is 1. The average molecular weight is 407 g/mol. The molecule has 2 aromatic rings. The van der Waals surface area contributed by atoms with Crippen molar-refractivity contribution in [3.05, 3.63) is 65.0 Å². The minimum atomic E-state index is -3.79. The Kier molecular flexibility index (Phi) is 6.82. The summed E-state index contributed by atoms with van der Waals surface area (Å²) in [6.45, 7) is 7.43. The van der Waals surface area contributed by atoms with E-state index in [-0.39, 0.29) is 11.7 Å². The minimum absolute atomic E-state index is 0.115. The van der Waals surface area contributed by atoms with E-state index >= 15 is 0 Å². The summed E-state index contributed by atoms with van der Waals surface area (Å²) < 4.78 is 39.2. The third-order valence-electron chi connectivity index (χ3n) is 4.68. The van der Waals surface area contributed by atoms with Crippen LogP contribution in [-0.4, -0.2) is 26.6 Å². The molecule has 0 aliphatic carbocycles. The summed E-state index contributed by atoms with van der Waals surface area (Å²) in [7, 11) is -3.79. The van der Waals surface area contributed by atoms with E-state index in [0.29, 0.717) is 6.42 Å². The van der Waals surface area contributed by atoms with E-state index in [1.54, 1.807) is 0 Å². The molecule has 152 valence electrons. The second kappa shape index (κ2) is 8.73. The number of halogens is 1. The van der Waals surface area contributed by atoms with Crippen molar-refractivity contribution in [2.24, 2.45) is 0 Å². The normalized spacial score (nSPS) is 13.6. The van der Waals surface area contributed by atoms with E-state index in [0.717, 1.165) is 33.3 Å². The number of carbonyl (C=O) groups excluding carboxylic acids is 1. The molecule has 0 spiro atoms. The summed E-state index contributed by atoms with van der Waals surface area (Å²) in [6.07, 6.45) is 1.66. The smallest absolute Gasteiger partial charge is 0.244 e. The van der Waals surface area contributed by atoms with Gasteiger partial charge in [-0.3, -0.25) is 9.10 Å². The van der Waals surface area contributed by atoms with Gasteiger partial charge in [0.15, 0.2) is 0 Å². The molecule has 2 aromatic carbocycles. The molecule has 0 bridgehead atoms. The van der Waals surface area contributed by atoms with Gasteiger partial charge in [0.2, 0.25) is 15.9 Å². The highest BCUT2D eigenvalue weighted by Gasteiger charge is 2.30. The number of aryl methyl sites for hydroxylation is 2. The van der Waals surface area contributed by atoms with Crippen LogP contribution in [0.5, 0.6) is 0 Å². The lowest BCUT2D eigenvalue weighted by molar-refractivity contribution is -0.122. The third-order valence-corrected chi connectivity index (χ3v) is 5.92. The van der Waals surface area contributed by atoms with Crippen LogP contribution < -0.4 is 9.62 Å². The molecule has 0 aliphatic heterocycles. The molecule has 0 saturated heterocycles. The molecule has 2 rings (SSSR count). The predicted octanol–water partition coefficient (Wildman–Crippen LogP) is 3.86. The van der Waals surface area contributed by atoms with E-state index in [4.69, 9.17) is 0 Å². The number of hydrogen-bond donors (Lipinski definition) is 1. The van der Waals surface area contributed by atoms with Crippen molar-refractivity contribution in [3.8, 4) is 0 Å². The van der Waals surface area contributed by atoms with Crippen molar-refractivity contribution in [2.75, 3.05) is 10.6 Å². The van der Waals surface area contributed by atoms with Crippen LogP contribution in [0.4, 0.5) is 10.1 Å². The Hall–Kier alpha value is -2.41. The quantitative estimate of drug-likeness (QED) is 0.759. The fourth-order valence-electron chi connectivity index (χ4n) is 3.33. The fourth-order valence-corrected chi connectivity index (χ4v) is 4.50. The summed E-state index contributed by atoms with van der Waals surface area (Å²) in [5, 5.41) is 2.94. The molecule has 0 aliphatic rings. The van der Waals surface area contributed by atoms with Gasteiger partial charge in [-0.25, -0.2) is 12.8 Å². The maximum absolute atomic E-state index is 13.6. The third kappa shape index (κ3) is 5.10. The summed E-state index contributed by atoms with van der Waals surface area (Å²) in [6, 6.07) is 9.94. The van der Waals surface area contributed by atoms with Gasteiger partial charge in [0.05, 0.1) is 18.0 Å². The van der Waals surface area contributed by atoms with Crippen LogP contribution in [0.1, 0.15) is 43.0 Å². The highest BCUT2D eigenvalue weighted by Crippen LogP contribution is 2.24. The molecule has 7 heteroatoms. The lowest BCUT2D eigenvalue weighted by Gasteiger charge is -2.30. The standard InChI is InChI=1S/C21H27FN2O3S/c1-6-20(19-11-10-14(2)12-15(19)3)23-21(25)16(4)24(28(5,26)27)18-9-7-8-17(22)13-18/h7-13,16,20H,6H2,1-5H3,(H,23,25)/t16-,20-/m0/s1. The number of hydrogen-bond acceptors (Lipinski definition) is 3. The first-order valence-electron chi connectivity index (χ1n) is 9.17. The molecule has 0 heterocycles.